The molecule has 0 saturated heterocycles. The third-order valence-electron chi connectivity index (χ3n) is 3.85. The van der Waals surface area contributed by atoms with Crippen molar-refractivity contribution in [2.75, 3.05) is 19.0 Å². The van der Waals surface area contributed by atoms with Crippen molar-refractivity contribution in [1.29, 1.82) is 0 Å². The largest absolute Gasteiger partial charge is 0.496 e. The van der Waals surface area contributed by atoms with Gasteiger partial charge in [0, 0.05) is 12.1 Å². The van der Waals surface area contributed by atoms with Gasteiger partial charge in [-0.05, 0) is 35.7 Å². The molecule has 0 bridgehead atoms. The van der Waals surface area contributed by atoms with Gasteiger partial charge < -0.3 is 20.5 Å². The molecule has 0 aliphatic rings. The first-order chi connectivity index (χ1) is 13.0. The fraction of sp³-hybridized carbons (Fsp3) is 0.250. The molecule has 7 heteroatoms. The van der Waals surface area contributed by atoms with Crippen molar-refractivity contribution >= 4 is 23.5 Å². The second kappa shape index (κ2) is 9.96. The molecular weight excluding hydrogens is 348 g/mol. The number of amides is 2. The van der Waals surface area contributed by atoms with Crippen LogP contribution in [0, 0.1) is 0 Å². The predicted octanol–water partition coefficient (Wildman–Crippen LogP) is 2.01. The molecule has 0 aliphatic heterocycles. The Morgan fingerprint density at radius 3 is 2.37 bits per heavy atom. The van der Waals surface area contributed by atoms with Crippen LogP contribution in [0.25, 0.3) is 0 Å². The van der Waals surface area contributed by atoms with Gasteiger partial charge in [-0.15, -0.1) is 0 Å². The number of para-hydroxylation sites is 1. The summed E-state index contributed by atoms with van der Waals surface area (Å²) in [6.45, 7) is -0.404. The van der Waals surface area contributed by atoms with Crippen LogP contribution < -0.4 is 15.4 Å². The highest BCUT2D eigenvalue weighted by Crippen LogP contribution is 2.19. The van der Waals surface area contributed by atoms with E-state index in [0.29, 0.717) is 18.5 Å². The molecule has 0 heterocycles. The van der Waals surface area contributed by atoms with E-state index in [2.05, 4.69) is 10.6 Å². The number of carbonyl (C=O) groups is 3. The predicted molar refractivity (Wildman–Crippen MR) is 101 cm³/mol. The Bertz CT molecular complexity index is 802. The first-order valence-electron chi connectivity index (χ1n) is 8.47. The topological polar surface area (TPSA) is 105 Å². The fourth-order valence-corrected chi connectivity index (χ4v) is 2.51. The van der Waals surface area contributed by atoms with E-state index in [1.807, 2.05) is 24.3 Å². The number of methoxy groups -OCH3 is 1. The van der Waals surface area contributed by atoms with E-state index in [1.54, 1.807) is 31.4 Å². The monoisotopic (exact) mass is 370 g/mol. The van der Waals surface area contributed by atoms with Gasteiger partial charge in [-0.3, -0.25) is 14.4 Å². The number of nitrogens with one attached hydrogen (secondary N) is 2. The lowest BCUT2D eigenvalue weighted by Gasteiger charge is -2.09. The highest BCUT2D eigenvalue weighted by Gasteiger charge is 2.08. The van der Waals surface area contributed by atoms with E-state index in [-0.39, 0.29) is 18.2 Å². The molecule has 0 atom stereocenters. The van der Waals surface area contributed by atoms with Crippen molar-refractivity contribution in [3.63, 3.8) is 0 Å². The van der Waals surface area contributed by atoms with Crippen molar-refractivity contribution in [2.24, 2.45) is 0 Å². The Labute approximate surface area is 157 Å². The zero-order valence-corrected chi connectivity index (χ0v) is 15.0. The van der Waals surface area contributed by atoms with Gasteiger partial charge >= 0.3 is 5.97 Å². The first-order valence-corrected chi connectivity index (χ1v) is 8.47. The Hall–Kier alpha value is -3.35. The first kappa shape index (κ1) is 20.0. The van der Waals surface area contributed by atoms with E-state index in [9.17, 15) is 14.4 Å². The quantitative estimate of drug-likeness (QED) is 0.626. The molecule has 142 valence electrons. The van der Waals surface area contributed by atoms with E-state index < -0.39 is 12.5 Å². The van der Waals surface area contributed by atoms with Crippen LogP contribution in [0.3, 0.4) is 0 Å². The number of aliphatic carboxylic acids is 1. The molecule has 0 saturated carbocycles. The molecule has 2 amide bonds. The summed E-state index contributed by atoms with van der Waals surface area (Å²) in [6.07, 6.45) is 0.965. The highest BCUT2D eigenvalue weighted by molar-refractivity contribution is 5.91. The van der Waals surface area contributed by atoms with Gasteiger partial charge in [0.15, 0.2) is 0 Å². The molecule has 2 aromatic carbocycles. The number of carbonyl (C=O) groups excluding carboxylic acids is 2. The molecule has 7 nitrogen and oxygen atoms in total. The average Bonchev–Trinajstić information content (AvgIpc) is 2.66. The van der Waals surface area contributed by atoms with Crippen LogP contribution in [-0.4, -0.2) is 36.5 Å². The normalized spacial score (nSPS) is 10.1. The van der Waals surface area contributed by atoms with Gasteiger partial charge in [0.05, 0.1) is 13.5 Å². The molecule has 0 fully saturated rings. The van der Waals surface area contributed by atoms with Crippen molar-refractivity contribution in [3.05, 3.63) is 59.7 Å². The lowest BCUT2D eigenvalue weighted by Crippen LogP contribution is -2.30. The van der Waals surface area contributed by atoms with Gasteiger partial charge in [0.1, 0.15) is 12.3 Å². The summed E-state index contributed by atoms with van der Waals surface area (Å²) in [5, 5.41) is 13.6. The second-order valence-corrected chi connectivity index (χ2v) is 5.90. The summed E-state index contributed by atoms with van der Waals surface area (Å²) in [6, 6.07) is 14.4. The maximum atomic E-state index is 12.1. The van der Waals surface area contributed by atoms with Crippen LogP contribution in [0.15, 0.2) is 48.5 Å². The van der Waals surface area contributed by atoms with Gasteiger partial charge in [-0.25, -0.2) is 0 Å². The maximum Gasteiger partial charge on any atom is 0.322 e. The van der Waals surface area contributed by atoms with Gasteiger partial charge in [0.25, 0.3) is 0 Å². The lowest BCUT2D eigenvalue weighted by molar-refractivity contribution is -0.137. The van der Waals surface area contributed by atoms with Crippen LogP contribution in [0.1, 0.15) is 17.5 Å². The molecule has 0 radical (unpaired) electrons. The van der Waals surface area contributed by atoms with E-state index >= 15 is 0 Å². The number of benzene rings is 2. The van der Waals surface area contributed by atoms with E-state index in [0.717, 1.165) is 16.9 Å². The Balaban J connectivity index is 1.82. The van der Waals surface area contributed by atoms with E-state index in [4.69, 9.17) is 9.84 Å². The van der Waals surface area contributed by atoms with Gasteiger partial charge in [-0.1, -0.05) is 30.3 Å². The number of carboxylic acids is 1. The molecule has 3 N–H and O–H groups in total. The molecule has 2 aromatic rings. The van der Waals surface area contributed by atoms with Gasteiger partial charge in [0.2, 0.25) is 11.8 Å². The zero-order chi connectivity index (χ0) is 19.6. The van der Waals surface area contributed by atoms with Crippen molar-refractivity contribution in [2.45, 2.75) is 19.3 Å². The Morgan fingerprint density at radius 1 is 1.00 bits per heavy atom. The van der Waals surface area contributed by atoms with Crippen molar-refractivity contribution in [3.8, 4) is 5.75 Å². The number of hydrogen-bond donors (Lipinski definition) is 3. The minimum absolute atomic E-state index is 0.0787. The van der Waals surface area contributed by atoms with Crippen molar-refractivity contribution in [1.82, 2.24) is 5.32 Å². The van der Waals surface area contributed by atoms with Crippen LogP contribution >= 0.6 is 0 Å². The Kier molecular flexibility index (Phi) is 7.37. The van der Waals surface area contributed by atoms with Crippen LogP contribution in [0.4, 0.5) is 5.69 Å². The van der Waals surface area contributed by atoms with Crippen LogP contribution in [-0.2, 0) is 27.2 Å². The second-order valence-electron chi connectivity index (χ2n) is 5.90. The molecule has 0 aliphatic carbocycles. The number of ether oxygens (including phenoxy) is 1. The highest BCUT2D eigenvalue weighted by atomic mass is 16.5. The summed E-state index contributed by atoms with van der Waals surface area (Å²) in [4.78, 5) is 34.1. The lowest BCUT2D eigenvalue weighted by atomic mass is 10.1. The standard InChI is InChI=1S/C20H22N2O5/c1-27-17-5-3-2-4-15(17)8-11-18(23)22-16-9-6-14(7-10-16)12-19(24)21-13-20(25)26/h2-7,9-10H,8,11-13H2,1H3,(H,21,24)(H,22,23)(H,25,26). The van der Waals surface area contributed by atoms with Gasteiger partial charge in [-0.2, -0.15) is 0 Å². The molecule has 0 unspecified atom stereocenters. The SMILES string of the molecule is COc1ccccc1CCC(=O)Nc1ccc(CC(=O)NCC(=O)O)cc1. The fourth-order valence-electron chi connectivity index (χ4n) is 2.51. The summed E-state index contributed by atoms with van der Waals surface area (Å²) in [5.41, 5.74) is 2.33. The number of hydrogen-bond acceptors (Lipinski definition) is 4. The summed E-state index contributed by atoms with van der Waals surface area (Å²) in [7, 11) is 1.60. The average molecular weight is 370 g/mol. The molecule has 2 rings (SSSR count). The molecule has 0 spiro atoms. The Morgan fingerprint density at radius 2 is 1.70 bits per heavy atom. The third kappa shape index (κ3) is 6.81. The third-order valence-corrected chi connectivity index (χ3v) is 3.85. The maximum absolute atomic E-state index is 12.1. The van der Waals surface area contributed by atoms with Crippen molar-refractivity contribution < 1.29 is 24.2 Å². The van der Waals surface area contributed by atoms with Crippen LogP contribution in [0.2, 0.25) is 0 Å². The summed E-state index contributed by atoms with van der Waals surface area (Å²) >= 11 is 0. The summed E-state index contributed by atoms with van der Waals surface area (Å²) in [5.74, 6) is -0.816. The minimum atomic E-state index is -1.09. The summed E-state index contributed by atoms with van der Waals surface area (Å²) < 4.78 is 5.27. The smallest absolute Gasteiger partial charge is 0.322 e. The molecular formula is C20H22N2O5. The van der Waals surface area contributed by atoms with Crippen LogP contribution in [0.5, 0.6) is 5.75 Å². The number of rotatable bonds is 9. The minimum Gasteiger partial charge on any atom is -0.496 e. The van der Waals surface area contributed by atoms with E-state index in [1.165, 1.54) is 0 Å². The molecule has 0 aromatic heterocycles. The number of carboxylic acid groups (broad SMARTS) is 1. The zero-order valence-electron chi connectivity index (χ0n) is 15.0. The number of aryl methyl sites for hydroxylation is 1. The molecule has 27 heavy (non-hydrogen) atoms. The number of anilines is 1.